The van der Waals surface area contributed by atoms with Gasteiger partial charge in [-0.15, -0.1) is 0 Å². The van der Waals surface area contributed by atoms with Crippen molar-refractivity contribution in [2.75, 3.05) is 14.2 Å². The van der Waals surface area contributed by atoms with Gasteiger partial charge in [-0.2, -0.15) is 0 Å². The van der Waals surface area contributed by atoms with Crippen molar-refractivity contribution in [3.63, 3.8) is 0 Å². The first-order valence-corrected chi connectivity index (χ1v) is 12.2. The smallest absolute Gasteiger partial charge is 0.338 e. The summed E-state index contributed by atoms with van der Waals surface area (Å²) in [4.78, 5) is 63.8. The van der Waals surface area contributed by atoms with Crippen LogP contribution in [0.25, 0.3) is 0 Å². The molecule has 0 saturated heterocycles. The second-order valence-corrected chi connectivity index (χ2v) is 9.87. The van der Waals surface area contributed by atoms with Gasteiger partial charge in [0.2, 0.25) is 0 Å². The van der Waals surface area contributed by atoms with E-state index in [1.807, 2.05) is 13.8 Å². The number of carbonyl (C=O) groups is 5. The van der Waals surface area contributed by atoms with Crippen LogP contribution < -0.4 is 14.8 Å². The second kappa shape index (κ2) is 9.68. The summed E-state index contributed by atoms with van der Waals surface area (Å²) < 4.78 is 16.1. The quantitative estimate of drug-likeness (QED) is 0.421. The molecular weight excluding hydrogens is 506 g/mol. The summed E-state index contributed by atoms with van der Waals surface area (Å²) in [5, 5.41) is 13.7. The highest BCUT2D eigenvalue weighted by molar-refractivity contribution is 6.27. The number of nitrogens with one attached hydrogen (secondary N) is 1. The zero-order chi connectivity index (χ0) is 29.0. The number of ether oxygens (including phenoxy) is 3. The molecule has 0 bridgehead atoms. The van der Waals surface area contributed by atoms with E-state index >= 15 is 0 Å². The lowest BCUT2D eigenvalue weighted by Gasteiger charge is -2.30. The summed E-state index contributed by atoms with van der Waals surface area (Å²) in [6.07, 6.45) is 1.07. The van der Waals surface area contributed by atoms with Gasteiger partial charge in [0.25, 0.3) is 5.91 Å². The molecule has 204 valence electrons. The van der Waals surface area contributed by atoms with Crippen molar-refractivity contribution in [3.8, 4) is 17.2 Å². The Morgan fingerprint density at radius 3 is 2.36 bits per heavy atom. The van der Waals surface area contributed by atoms with Gasteiger partial charge in [-0.05, 0) is 62.9 Å². The van der Waals surface area contributed by atoms with E-state index in [1.165, 1.54) is 27.2 Å². The molecule has 1 aliphatic heterocycles. The lowest BCUT2D eigenvalue weighted by Crippen LogP contribution is -2.47. The Morgan fingerprint density at radius 2 is 1.77 bits per heavy atom. The second-order valence-electron chi connectivity index (χ2n) is 9.87. The number of Topliss-reactive ketones (excluding diaryl/α,β-unsaturated/α-hetero) is 2. The molecule has 0 saturated carbocycles. The maximum atomic E-state index is 13.6. The zero-order valence-electron chi connectivity index (χ0n) is 22.7. The van der Waals surface area contributed by atoms with Crippen LogP contribution in [0.15, 0.2) is 24.0 Å². The van der Waals surface area contributed by atoms with Gasteiger partial charge in [-0.25, -0.2) is 4.79 Å². The molecule has 1 amide bonds. The highest BCUT2D eigenvalue weighted by atomic mass is 16.5. The van der Waals surface area contributed by atoms with Crippen LogP contribution in [0, 0.1) is 26.7 Å². The summed E-state index contributed by atoms with van der Waals surface area (Å²) in [6.45, 7) is 8.12. The number of aryl methyl sites for hydroxylation is 1. The van der Waals surface area contributed by atoms with Crippen LogP contribution >= 0.6 is 0 Å². The van der Waals surface area contributed by atoms with E-state index < -0.39 is 40.6 Å². The number of amides is 1. The van der Waals surface area contributed by atoms with Crippen molar-refractivity contribution in [3.05, 3.63) is 62.9 Å². The minimum atomic E-state index is -1.65. The molecule has 2 aromatic rings. The highest BCUT2D eigenvalue weighted by Gasteiger charge is 2.58. The maximum Gasteiger partial charge on any atom is 0.338 e. The van der Waals surface area contributed by atoms with E-state index in [0.29, 0.717) is 5.56 Å². The molecule has 2 aromatic carbocycles. The summed E-state index contributed by atoms with van der Waals surface area (Å²) in [6, 6.07) is 2.90. The Bertz CT molecular complexity index is 1520. The van der Waals surface area contributed by atoms with Crippen LogP contribution in [0.4, 0.5) is 0 Å². The topological polar surface area (TPSA) is 145 Å². The van der Waals surface area contributed by atoms with Crippen molar-refractivity contribution in [2.45, 2.75) is 46.6 Å². The molecule has 0 spiro atoms. The van der Waals surface area contributed by atoms with E-state index in [-0.39, 0.29) is 40.7 Å². The average molecular weight is 536 g/mol. The highest BCUT2D eigenvalue weighted by Crippen LogP contribution is 2.56. The van der Waals surface area contributed by atoms with Crippen LogP contribution in [0.3, 0.4) is 0 Å². The number of benzene rings is 2. The maximum absolute atomic E-state index is 13.6. The molecule has 0 radical (unpaired) electrons. The minimum Gasteiger partial charge on any atom is -0.507 e. The molecule has 0 fully saturated rings. The van der Waals surface area contributed by atoms with Gasteiger partial charge in [-0.3, -0.25) is 19.2 Å². The third-order valence-corrected chi connectivity index (χ3v) is 7.68. The number of hydrogen-bond donors (Lipinski definition) is 2. The third kappa shape index (κ3) is 4.07. The number of phenolic OH excluding ortho intramolecular Hbond substituents is 1. The van der Waals surface area contributed by atoms with Crippen LogP contribution in [-0.2, 0) is 31.1 Å². The number of aromatic hydroxyl groups is 1. The van der Waals surface area contributed by atoms with Crippen molar-refractivity contribution in [1.29, 1.82) is 0 Å². The number of carbonyl (C=O) groups excluding carboxylic acids is 5. The first-order valence-electron chi connectivity index (χ1n) is 12.2. The normalized spacial score (nSPS) is 19.5. The minimum absolute atomic E-state index is 0.0147. The van der Waals surface area contributed by atoms with Crippen molar-refractivity contribution >= 4 is 29.2 Å². The fourth-order valence-electron chi connectivity index (χ4n) is 5.34. The lowest BCUT2D eigenvalue weighted by molar-refractivity contribution is -0.140. The number of ketones is 3. The number of rotatable bonds is 6. The summed E-state index contributed by atoms with van der Waals surface area (Å²) in [7, 11) is 2.62. The number of fused-ring (bicyclic) bond motifs is 3. The van der Waals surface area contributed by atoms with Gasteiger partial charge in [0.1, 0.15) is 39.9 Å². The van der Waals surface area contributed by atoms with Gasteiger partial charge in [0.15, 0.2) is 17.3 Å². The van der Waals surface area contributed by atoms with Gasteiger partial charge in [0, 0.05) is 18.7 Å². The molecule has 39 heavy (non-hydrogen) atoms. The van der Waals surface area contributed by atoms with E-state index in [1.54, 1.807) is 13.0 Å². The first-order chi connectivity index (χ1) is 18.3. The number of allylic oxidation sites excluding steroid dienone is 2. The van der Waals surface area contributed by atoms with Crippen molar-refractivity contribution in [1.82, 2.24) is 5.32 Å². The molecule has 10 heteroatoms. The Kier molecular flexibility index (Phi) is 6.84. The Hall–Kier alpha value is -4.47. The first kappa shape index (κ1) is 27.6. The summed E-state index contributed by atoms with van der Waals surface area (Å²) >= 11 is 0. The summed E-state index contributed by atoms with van der Waals surface area (Å²) in [5.74, 6) is -5.31. The molecule has 1 heterocycles. The SMILES string of the molecule is COC(=O)c1cc(C)c(CNC(=O)c2c(OC)cc(O)c3c2OC2=CC(=O)C(C(C)=O)C(=O)[C@]23C)c(C)c1C. The predicted molar refractivity (Wildman–Crippen MR) is 138 cm³/mol. The summed E-state index contributed by atoms with van der Waals surface area (Å²) in [5.41, 5.74) is 1.75. The van der Waals surface area contributed by atoms with Crippen molar-refractivity contribution < 1.29 is 43.3 Å². The van der Waals surface area contributed by atoms with Crippen molar-refractivity contribution in [2.24, 2.45) is 5.92 Å². The van der Waals surface area contributed by atoms with E-state index in [9.17, 15) is 29.1 Å². The van der Waals surface area contributed by atoms with Crippen LogP contribution in [0.2, 0.25) is 0 Å². The number of esters is 1. The molecule has 2 aliphatic rings. The fourth-order valence-corrected chi connectivity index (χ4v) is 5.34. The van der Waals surface area contributed by atoms with E-state index in [0.717, 1.165) is 35.3 Å². The van der Waals surface area contributed by atoms with Gasteiger partial charge >= 0.3 is 5.97 Å². The molecule has 1 aliphatic carbocycles. The molecular formula is C29H29NO9. The number of hydrogen-bond acceptors (Lipinski definition) is 9. The molecule has 10 nitrogen and oxygen atoms in total. The Morgan fingerprint density at radius 1 is 1.10 bits per heavy atom. The predicted octanol–water partition coefficient (Wildman–Crippen LogP) is 2.93. The van der Waals surface area contributed by atoms with Crippen LogP contribution in [0.5, 0.6) is 17.2 Å². The molecule has 1 unspecified atom stereocenters. The number of phenols is 1. The molecule has 4 rings (SSSR count). The standard InChI is InChI=1S/C29H29NO9/c1-12-8-16(28(36)38-7)13(2)14(3)17(12)11-30-27(35)23-20(37-6)9-19(33)24-25(23)39-21-10-18(32)22(15(4)31)26(34)29(21,24)5/h8-10,22,33H,11H2,1-7H3,(H,30,35)/t22?,29-/m1/s1. The Balaban J connectivity index is 1.77. The largest absolute Gasteiger partial charge is 0.507 e. The molecule has 2 N–H and O–H groups in total. The Labute approximate surface area is 224 Å². The molecule has 2 atom stereocenters. The fraction of sp³-hybridized carbons (Fsp3) is 0.345. The van der Waals surface area contributed by atoms with Crippen LogP contribution in [-0.4, -0.2) is 48.6 Å². The van der Waals surface area contributed by atoms with Gasteiger partial charge in [-0.1, -0.05) is 0 Å². The third-order valence-electron chi connectivity index (χ3n) is 7.68. The van der Waals surface area contributed by atoms with E-state index in [4.69, 9.17) is 14.2 Å². The average Bonchev–Trinajstić information content (AvgIpc) is 3.18. The van der Waals surface area contributed by atoms with Crippen LogP contribution in [0.1, 0.15) is 62.4 Å². The zero-order valence-corrected chi connectivity index (χ0v) is 22.7. The van der Waals surface area contributed by atoms with E-state index in [2.05, 4.69) is 5.32 Å². The number of methoxy groups -OCH3 is 2. The van der Waals surface area contributed by atoms with Gasteiger partial charge < -0.3 is 24.6 Å². The van der Waals surface area contributed by atoms with Gasteiger partial charge in [0.05, 0.1) is 25.3 Å². The lowest BCUT2D eigenvalue weighted by atomic mass is 9.67. The monoisotopic (exact) mass is 535 g/mol. The molecule has 0 aromatic heterocycles.